The van der Waals surface area contributed by atoms with Gasteiger partial charge in [0.15, 0.2) is 0 Å². The molecular weight excluding hydrogens is 532 g/mol. The number of fused-ring (bicyclic) bond motifs is 1. The van der Waals surface area contributed by atoms with Gasteiger partial charge in [-0.15, -0.1) is 6.42 Å². The van der Waals surface area contributed by atoms with Crippen molar-refractivity contribution in [2.45, 2.75) is 64.3 Å². The summed E-state index contributed by atoms with van der Waals surface area (Å²) in [5.74, 6) is 0.763. The molecule has 1 aliphatic rings. The summed E-state index contributed by atoms with van der Waals surface area (Å²) in [7, 11) is 0. The summed E-state index contributed by atoms with van der Waals surface area (Å²) < 4.78 is 5.34. The third kappa shape index (κ3) is 7.26. The van der Waals surface area contributed by atoms with Crippen molar-refractivity contribution in [3.05, 3.63) is 77.9 Å². The van der Waals surface area contributed by atoms with Gasteiger partial charge in [-0.2, -0.15) is 0 Å². The molecular formula is C33H36N4O5. The lowest BCUT2D eigenvalue weighted by molar-refractivity contribution is -0.142. The maximum absolute atomic E-state index is 14.3. The number of alkyl carbamates (subject to hydrolysis) is 1. The van der Waals surface area contributed by atoms with Gasteiger partial charge >= 0.3 is 6.09 Å². The molecule has 1 saturated carbocycles. The van der Waals surface area contributed by atoms with Gasteiger partial charge in [-0.25, -0.2) is 4.79 Å². The number of benzene rings is 3. The van der Waals surface area contributed by atoms with E-state index in [0.29, 0.717) is 23.2 Å². The molecule has 4 atom stereocenters. The molecule has 9 nitrogen and oxygen atoms in total. The lowest BCUT2D eigenvalue weighted by Crippen LogP contribution is -2.54. The van der Waals surface area contributed by atoms with Crippen molar-refractivity contribution >= 4 is 40.3 Å². The molecule has 1 fully saturated rings. The summed E-state index contributed by atoms with van der Waals surface area (Å²) in [6, 6.07) is 17.3. The lowest BCUT2D eigenvalue weighted by atomic mass is 9.96. The summed E-state index contributed by atoms with van der Waals surface area (Å²) in [6.45, 7) is 7.00. The summed E-state index contributed by atoms with van der Waals surface area (Å²) in [5.41, 5.74) is 6.07. The first-order chi connectivity index (χ1) is 19.9. The van der Waals surface area contributed by atoms with Gasteiger partial charge in [0.05, 0.1) is 6.42 Å². The molecule has 3 aromatic carbocycles. The van der Waals surface area contributed by atoms with Gasteiger partial charge in [0.2, 0.25) is 11.8 Å². The van der Waals surface area contributed by atoms with Crippen LogP contribution in [0.2, 0.25) is 0 Å². The van der Waals surface area contributed by atoms with Gasteiger partial charge in [-0.3, -0.25) is 14.4 Å². The smallest absolute Gasteiger partial charge is 0.408 e. The lowest BCUT2D eigenvalue weighted by Gasteiger charge is -2.35. The zero-order valence-corrected chi connectivity index (χ0v) is 24.2. The SMILES string of the molecule is C#Cc1ccccc1C(C(=O)Nc1ccc2ccccc2c1)N(C(=O)C(CC(N)=O)NC(=O)OC(C)(C)C)C1CC1C. The zero-order chi connectivity index (χ0) is 30.6. The van der Waals surface area contributed by atoms with Crippen molar-refractivity contribution in [1.82, 2.24) is 10.2 Å². The average molecular weight is 569 g/mol. The van der Waals surface area contributed by atoms with Crippen LogP contribution in [-0.2, 0) is 19.1 Å². The number of amides is 4. The van der Waals surface area contributed by atoms with E-state index in [9.17, 15) is 19.2 Å². The molecule has 4 N–H and O–H groups in total. The van der Waals surface area contributed by atoms with E-state index in [1.807, 2.05) is 43.3 Å². The van der Waals surface area contributed by atoms with Crippen LogP contribution in [-0.4, -0.2) is 46.4 Å². The standard InChI is InChI=1S/C33H36N4O5/c1-6-21-11-9-10-14-25(21)29(30(39)35-24-16-15-22-12-7-8-13-23(22)18-24)37(27-17-20(27)2)31(40)26(19-28(34)38)36-32(41)42-33(3,4)5/h1,7-16,18,20,26-27,29H,17,19H2,2-5H3,(H2,34,38)(H,35,39)(H,36,41). The molecule has 0 bridgehead atoms. The van der Waals surface area contributed by atoms with Crippen molar-refractivity contribution in [3.63, 3.8) is 0 Å². The number of terminal acetylenes is 1. The molecule has 0 radical (unpaired) electrons. The van der Waals surface area contributed by atoms with Crippen LogP contribution in [0, 0.1) is 18.3 Å². The Morgan fingerprint density at radius 1 is 1.05 bits per heavy atom. The number of anilines is 1. The molecule has 1 aliphatic carbocycles. The number of nitrogens with zero attached hydrogens (tertiary/aromatic N) is 1. The van der Waals surface area contributed by atoms with E-state index >= 15 is 0 Å². The predicted octanol–water partition coefficient (Wildman–Crippen LogP) is 4.51. The molecule has 0 heterocycles. The summed E-state index contributed by atoms with van der Waals surface area (Å²) >= 11 is 0. The second kappa shape index (κ2) is 12.4. The molecule has 4 amide bonds. The summed E-state index contributed by atoms with van der Waals surface area (Å²) in [6.07, 6.45) is 5.09. The molecule has 9 heteroatoms. The van der Waals surface area contributed by atoms with Gasteiger partial charge in [0, 0.05) is 17.3 Å². The minimum Gasteiger partial charge on any atom is -0.444 e. The average Bonchev–Trinajstić information content (AvgIpc) is 3.65. The third-order valence-electron chi connectivity index (χ3n) is 7.03. The first-order valence-corrected chi connectivity index (χ1v) is 13.8. The Morgan fingerprint density at radius 2 is 1.69 bits per heavy atom. The van der Waals surface area contributed by atoms with E-state index in [2.05, 4.69) is 16.6 Å². The second-order valence-corrected chi connectivity index (χ2v) is 11.6. The van der Waals surface area contributed by atoms with Crippen LogP contribution >= 0.6 is 0 Å². The largest absolute Gasteiger partial charge is 0.444 e. The molecule has 3 aromatic rings. The van der Waals surface area contributed by atoms with E-state index < -0.39 is 47.9 Å². The normalized spacial score (nSPS) is 17.3. The van der Waals surface area contributed by atoms with E-state index in [1.54, 1.807) is 51.1 Å². The van der Waals surface area contributed by atoms with Crippen molar-refractivity contribution in [1.29, 1.82) is 0 Å². The van der Waals surface area contributed by atoms with E-state index in [4.69, 9.17) is 16.9 Å². The summed E-state index contributed by atoms with van der Waals surface area (Å²) in [5, 5.41) is 7.41. The predicted molar refractivity (Wildman–Crippen MR) is 161 cm³/mol. The Kier molecular flexibility index (Phi) is 8.86. The molecule has 218 valence electrons. The van der Waals surface area contributed by atoms with Crippen molar-refractivity contribution in [3.8, 4) is 12.3 Å². The highest BCUT2D eigenvalue weighted by Gasteiger charge is 2.48. The quantitative estimate of drug-likeness (QED) is 0.327. The number of nitrogens with two attached hydrogens (primary N) is 1. The highest BCUT2D eigenvalue weighted by Crippen LogP contribution is 2.41. The van der Waals surface area contributed by atoms with Crippen LogP contribution in [0.4, 0.5) is 10.5 Å². The maximum atomic E-state index is 14.3. The number of ether oxygens (including phenoxy) is 1. The fourth-order valence-electron chi connectivity index (χ4n) is 4.97. The number of carbonyl (C=O) groups excluding carboxylic acids is 4. The van der Waals surface area contributed by atoms with Crippen LogP contribution in [0.15, 0.2) is 66.7 Å². The van der Waals surface area contributed by atoms with Crippen LogP contribution in [0.1, 0.15) is 57.7 Å². The monoisotopic (exact) mass is 568 g/mol. The highest BCUT2D eigenvalue weighted by atomic mass is 16.6. The second-order valence-electron chi connectivity index (χ2n) is 11.6. The van der Waals surface area contributed by atoms with E-state index in [1.165, 1.54) is 4.90 Å². The molecule has 42 heavy (non-hydrogen) atoms. The maximum Gasteiger partial charge on any atom is 0.408 e. The number of hydrogen-bond acceptors (Lipinski definition) is 5. The molecule has 0 saturated heterocycles. The van der Waals surface area contributed by atoms with Crippen LogP contribution in [0.5, 0.6) is 0 Å². The Balaban J connectivity index is 1.76. The minimum absolute atomic E-state index is 0.0682. The zero-order valence-electron chi connectivity index (χ0n) is 24.2. The minimum atomic E-state index is -1.36. The molecule has 0 spiro atoms. The number of carbonyl (C=O) groups is 4. The van der Waals surface area contributed by atoms with Crippen LogP contribution < -0.4 is 16.4 Å². The number of primary amides is 1. The van der Waals surface area contributed by atoms with Gasteiger partial charge in [-0.05, 0) is 67.6 Å². The number of rotatable bonds is 9. The molecule has 0 aliphatic heterocycles. The van der Waals surface area contributed by atoms with Crippen molar-refractivity contribution in [2.24, 2.45) is 11.7 Å². The van der Waals surface area contributed by atoms with Crippen molar-refractivity contribution < 1.29 is 23.9 Å². The number of hydrogen-bond donors (Lipinski definition) is 3. The van der Waals surface area contributed by atoms with Gasteiger partial charge < -0.3 is 26.0 Å². The van der Waals surface area contributed by atoms with Crippen LogP contribution in [0.25, 0.3) is 10.8 Å². The Hall–Kier alpha value is -4.84. The topological polar surface area (TPSA) is 131 Å². The fraction of sp³-hybridized carbons (Fsp3) is 0.333. The Labute approximate surface area is 245 Å². The molecule has 0 aromatic heterocycles. The third-order valence-corrected chi connectivity index (χ3v) is 7.03. The first-order valence-electron chi connectivity index (χ1n) is 13.8. The first kappa shape index (κ1) is 30.1. The highest BCUT2D eigenvalue weighted by molar-refractivity contribution is 6.01. The summed E-state index contributed by atoms with van der Waals surface area (Å²) in [4.78, 5) is 54.6. The van der Waals surface area contributed by atoms with Crippen molar-refractivity contribution in [2.75, 3.05) is 5.32 Å². The molecule has 4 unspecified atom stereocenters. The molecule has 4 rings (SSSR count). The van der Waals surface area contributed by atoms with Gasteiger partial charge in [-0.1, -0.05) is 61.4 Å². The fourth-order valence-corrected chi connectivity index (χ4v) is 4.97. The van der Waals surface area contributed by atoms with Gasteiger partial charge in [0.1, 0.15) is 17.7 Å². The Bertz CT molecular complexity index is 1550. The van der Waals surface area contributed by atoms with Crippen LogP contribution in [0.3, 0.4) is 0 Å². The van der Waals surface area contributed by atoms with E-state index in [0.717, 1.165) is 10.8 Å². The van der Waals surface area contributed by atoms with Gasteiger partial charge in [0.25, 0.3) is 5.91 Å². The Morgan fingerprint density at radius 3 is 2.31 bits per heavy atom. The number of nitrogens with one attached hydrogen (secondary N) is 2. The van der Waals surface area contributed by atoms with E-state index in [-0.39, 0.29) is 12.0 Å².